The molecule has 0 fully saturated rings. The van der Waals surface area contributed by atoms with Crippen LogP contribution >= 0.6 is 0 Å². The minimum Gasteiger partial charge on any atom is -0.382 e. The minimum atomic E-state index is -1.00. The van der Waals surface area contributed by atoms with Gasteiger partial charge in [0.1, 0.15) is 0 Å². The summed E-state index contributed by atoms with van der Waals surface area (Å²) in [6.45, 7) is 5.99. The first-order valence-electron chi connectivity index (χ1n) is 3.97. The summed E-state index contributed by atoms with van der Waals surface area (Å²) in [6.07, 6.45) is 2.44. The highest BCUT2D eigenvalue weighted by molar-refractivity contribution is 4.28. The van der Waals surface area contributed by atoms with Crippen molar-refractivity contribution in [2.75, 3.05) is 20.4 Å². The quantitative estimate of drug-likeness (QED) is 0.593. The second-order valence-corrected chi connectivity index (χ2v) is 1.55. The number of hydrogen-bond donors (Lipinski definition) is 0. The van der Waals surface area contributed by atoms with Crippen molar-refractivity contribution < 1.29 is 10.5 Å². The predicted octanol–water partition coefficient (Wildman–Crippen LogP) is 4.32. The Morgan fingerprint density at radius 1 is 1.25 bits per heavy atom. The molecule has 0 N–H and O–H groups in total. The number of unbranched alkanes of at least 4 members (excludes halogenated alkanes) is 1. The summed E-state index contributed by atoms with van der Waals surface area (Å²) in [5.74, 6) is 0. The van der Waals surface area contributed by atoms with Crippen LogP contribution in [0.5, 0.6) is 0 Å². The molecular formula is C10H29FO. The molecule has 1 nitrogen and oxygen atoms in total. The van der Waals surface area contributed by atoms with Crippen LogP contribution < -0.4 is 0 Å². The van der Waals surface area contributed by atoms with Crippen molar-refractivity contribution in [1.82, 2.24) is 0 Å². The third-order valence-corrected chi connectivity index (χ3v) is 0.846. The van der Waals surface area contributed by atoms with Crippen LogP contribution in [0.1, 0.15) is 50.3 Å². The highest BCUT2D eigenvalue weighted by atomic mass is 19.1. The van der Waals surface area contributed by atoms with E-state index in [1.807, 2.05) is 6.92 Å². The highest BCUT2D eigenvalue weighted by Gasteiger charge is 1.78. The van der Waals surface area contributed by atoms with Crippen LogP contribution in [0, 0.1) is 0 Å². The Labute approximate surface area is 80.7 Å². The molecule has 0 saturated carbocycles. The summed E-state index contributed by atoms with van der Waals surface area (Å²) in [4.78, 5) is 0. The summed E-state index contributed by atoms with van der Waals surface area (Å²) in [5, 5.41) is 0. The molecule has 82 valence electrons. The van der Waals surface area contributed by atoms with Gasteiger partial charge in [0.05, 0.1) is 8.52 Å². The molecule has 0 aromatic rings. The lowest BCUT2D eigenvalue weighted by Gasteiger charge is -1.94. The van der Waals surface area contributed by atoms with Crippen molar-refractivity contribution in [3.8, 4) is 0 Å². The SMILES string of the molecule is C.C.C.CCCCOCC.[2H]CF. The van der Waals surface area contributed by atoms with Crippen LogP contribution in [0.2, 0.25) is 0 Å². The molecule has 0 heterocycles. The van der Waals surface area contributed by atoms with E-state index in [9.17, 15) is 4.39 Å². The van der Waals surface area contributed by atoms with Gasteiger partial charge in [0.2, 0.25) is 0 Å². The lowest BCUT2D eigenvalue weighted by molar-refractivity contribution is 0.144. The van der Waals surface area contributed by atoms with E-state index in [1.54, 1.807) is 0 Å². The first-order chi connectivity index (χ1) is 4.83. The molecule has 0 atom stereocenters. The van der Waals surface area contributed by atoms with Gasteiger partial charge in [-0.25, -0.2) is 0 Å². The fourth-order valence-electron chi connectivity index (χ4n) is 0.391. The Hall–Kier alpha value is -0.110. The van der Waals surface area contributed by atoms with Crippen LogP contribution in [0.3, 0.4) is 0 Å². The van der Waals surface area contributed by atoms with Gasteiger partial charge in [0, 0.05) is 13.2 Å². The van der Waals surface area contributed by atoms with Gasteiger partial charge in [-0.1, -0.05) is 35.6 Å². The van der Waals surface area contributed by atoms with E-state index in [2.05, 4.69) is 6.92 Å². The number of alkyl halides is 1. The number of rotatable bonds is 4. The fraction of sp³-hybridized carbons (Fsp3) is 1.00. The molecule has 0 saturated heterocycles. The van der Waals surface area contributed by atoms with Gasteiger partial charge in [-0.15, -0.1) is 0 Å². The van der Waals surface area contributed by atoms with E-state index in [1.165, 1.54) is 12.8 Å². The zero-order chi connectivity index (χ0) is 8.24. The summed E-state index contributed by atoms with van der Waals surface area (Å²) >= 11 is 0. The first-order valence-corrected chi connectivity index (χ1v) is 3.26. The average molecular weight is 185 g/mol. The predicted molar refractivity (Wildman–Crippen MR) is 58.6 cm³/mol. The smallest absolute Gasteiger partial charge is 0.0785 e. The molecule has 0 spiro atoms. The molecule has 0 aliphatic heterocycles. The molecule has 0 radical (unpaired) electrons. The summed E-state index contributed by atoms with van der Waals surface area (Å²) in [5.41, 5.74) is 0. The standard InChI is InChI=1S/C6H14O.CH3F.3CH4/c1-3-5-6-7-4-2;1-2;;;/h3-6H2,1-2H3;1H3;3*1H4/i;1D;;;. The fourth-order valence-corrected chi connectivity index (χ4v) is 0.391. The Balaban J connectivity index is -0.0000000320. The van der Waals surface area contributed by atoms with Gasteiger partial charge in [-0.3, -0.25) is 4.39 Å². The van der Waals surface area contributed by atoms with Crippen LogP contribution in [-0.2, 0) is 4.74 Å². The molecule has 0 bridgehead atoms. The highest BCUT2D eigenvalue weighted by Crippen LogP contribution is 1.85. The van der Waals surface area contributed by atoms with Crippen molar-refractivity contribution in [2.24, 2.45) is 0 Å². The third-order valence-electron chi connectivity index (χ3n) is 0.846. The molecule has 0 aromatic carbocycles. The lowest BCUT2D eigenvalue weighted by atomic mass is 10.4. The molecule has 0 aliphatic rings. The Morgan fingerprint density at radius 3 is 1.92 bits per heavy atom. The minimum absolute atomic E-state index is 0. The van der Waals surface area contributed by atoms with Crippen LogP contribution in [0.4, 0.5) is 4.39 Å². The number of hydrogen-bond acceptors (Lipinski definition) is 1. The van der Waals surface area contributed by atoms with E-state index < -0.39 is 7.15 Å². The summed E-state index contributed by atoms with van der Waals surface area (Å²) < 4.78 is 20.6. The second kappa shape index (κ2) is 44.5. The zero-order valence-corrected chi connectivity index (χ0v) is 6.32. The molecule has 2 heteroatoms. The average Bonchev–Trinajstić information content (AvgIpc) is 1.91. The molecular weight excluding hydrogens is 155 g/mol. The maximum Gasteiger partial charge on any atom is 0.0785 e. The molecule has 12 heavy (non-hydrogen) atoms. The molecule has 0 aromatic heterocycles. The van der Waals surface area contributed by atoms with Crippen molar-refractivity contribution in [1.29, 1.82) is 0 Å². The van der Waals surface area contributed by atoms with Gasteiger partial charge < -0.3 is 4.74 Å². The van der Waals surface area contributed by atoms with E-state index >= 15 is 0 Å². The number of ether oxygens (including phenoxy) is 1. The Kier molecular flexibility index (Phi) is 84.1. The van der Waals surface area contributed by atoms with Gasteiger partial charge in [0.25, 0.3) is 0 Å². The zero-order valence-electron chi connectivity index (χ0n) is 7.32. The van der Waals surface area contributed by atoms with Crippen molar-refractivity contribution in [2.45, 2.75) is 49.0 Å². The monoisotopic (exact) mass is 185 g/mol. The van der Waals surface area contributed by atoms with Crippen molar-refractivity contribution >= 4 is 0 Å². The van der Waals surface area contributed by atoms with Gasteiger partial charge in [-0.2, -0.15) is 0 Å². The summed E-state index contributed by atoms with van der Waals surface area (Å²) in [7, 11) is -1.00. The van der Waals surface area contributed by atoms with E-state index in [0.717, 1.165) is 13.2 Å². The topological polar surface area (TPSA) is 9.23 Å². The maximum atomic E-state index is 9.96. The van der Waals surface area contributed by atoms with Crippen molar-refractivity contribution in [3.63, 3.8) is 0 Å². The Morgan fingerprint density at radius 2 is 1.67 bits per heavy atom. The van der Waals surface area contributed by atoms with Gasteiger partial charge in [0.15, 0.2) is 0 Å². The van der Waals surface area contributed by atoms with E-state index in [-0.39, 0.29) is 22.3 Å². The first kappa shape index (κ1) is 22.7. The lowest BCUT2D eigenvalue weighted by Crippen LogP contribution is -1.90. The van der Waals surface area contributed by atoms with E-state index in [0.29, 0.717) is 0 Å². The summed E-state index contributed by atoms with van der Waals surface area (Å²) in [6, 6.07) is 0. The number of halogens is 1. The molecule has 0 rings (SSSR count). The largest absolute Gasteiger partial charge is 0.382 e. The Bertz CT molecular complexity index is 41.9. The third kappa shape index (κ3) is 51.7. The van der Waals surface area contributed by atoms with Crippen LogP contribution in [-0.4, -0.2) is 20.4 Å². The van der Waals surface area contributed by atoms with Crippen LogP contribution in [0.25, 0.3) is 0 Å². The normalized spacial score (nSPS) is 7.08. The van der Waals surface area contributed by atoms with Gasteiger partial charge in [-0.05, 0) is 13.3 Å². The molecule has 0 unspecified atom stereocenters. The van der Waals surface area contributed by atoms with Crippen LogP contribution in [0.15, 0.2) is 0 Å². The second-order valence-electron chi connectivity index (χ2n) is 1.55. The van der Waals surface area contributed by atoms with Crippen molar-refractivity contribution in [3.05, 3.63) is 0 Å². The molecule has 0 aliphatic carbocycles. The van der Waals surface area contributed by atoms with E-state index in [4.69, 9.17) is 6.11 Å². The molecule has 0 amide bonds. The van der Waals surface area contributed by atoms with Gasteiger partial charge >= 0.3 is 0 Å². The maximum absolute atomic E-state index is 9.96.